The summed E-state index contributed by atoms with van der Waals surface area (Å²) >= 11 is 0. The number of hydrogen-bond acceptors (Lipinski definition) is 6. The summed E-state index contributed by atoms with van der Waals surface area (Å²) in [5.74, 6) is 0.415. The van der Waals surface area contributed by atoms with Gasteiger partial charge >= 0.3 is 5.97 Å². The summed E-state index contributed by atoms with van der Waals surface area (Å²) in [5, 5.41) is 11.8. The van der Waals surface area contributed by atoms with E-state index in [1.165, 1.54) is 0 Å². The first kappa shape index (κ1) is 15.1. The van der Waals surface area contributed by atoms with E-state index in [1.54, 1.807) is 11.6 Å². The van der Waals surface area contributed by atoms with Crippen molar-refractivity contribution in [3.05, 3.63) is 36.2 Å². The lowest BCUT2D eigenvalue weighted by Crippen LogP contribution is -2.31. The number of carbonyl (C=O) groups excluding carboxylic acids is 1. The quantitative estimate of drug-likeness (QED) is 0.744. The van der Waals surface area contributed by atoms with Gasteiger partial charge in [0.25, 0.3) is 0 Å². The van der Waals surface area contributed by atoms with Crippen molar-refractivity contribution in [1.82, 2.24) is 25.1 Å². The molecule has 0 spiro atoms. The van der Waals surface area contributed by atoms with Gasteiger partial charge in [0.1, 0.15) is 0 Å². The number of likely N-dealkylation sites (N-methyl/N-ethyl adjacent to an activating group) is 1. The number of hydrogen-bond donors (Lipinski definition) is 0. The molecule has 0 saturated heterocycles. The number of benzene rings is 1. The van der Waals surface area contributed by atoms with Crippen molar-refractivity contribution in [2.75, 3.05) is 20.2 Å². The maximum atomic E-state index is 11.6. The Balaban J connectivity index is 2.15. The van der Waals surface area contributed by atoms with E-state index in [-0.39, 0.29) is 18.6 Å². The Bertz CT molecular complexity index is 584. The number of tetrazole rings is 1. The molecule has 21 heavy (non-hydrogen) atoms. The van der Waals surface area contributed by atoms with Crippen LogP contribution in [-0.4, -0.2) is 51.3 Å². The molecule has 1 heterocycles. The van der Waals surface area contributed by atoms with Crippen LogP contribution >= 0.6 is 0 Å². The molecule has 0 radical (unpaired) electrons. The van der Waals surface area contributed by atoms with Crippen LogP contribution < -0.4 is 0 Å². The van der Waals surface area contributed by atoms with E-state index in [4.69, 9.17) is 4.74 Å². The predicted molar refractivity (Wildman–Crippen MR) is 76.8 cm³/mol. The molecule has 0 aliphatic rings. The van der Waals surface area contributed by atoms with E-state index in [1.807, 2.05) is 49.2 Å². The van der Waals surface area contributed by atoms with Gasteiger partial charge in [0.05, 0.1) is 24.9 Å². The lowest BCUT2D eigenvalue weighted by Gasteiger charge is -2.22. The third-order valence-corrected chi connectivity index (χ3v) is 3.21. The van der Waals surface area contributed by atoms with Crippen LogP contribution in [0.4, 0.5) is 0 Å². The Kier molecular flexibility index (Phi) is 4.99. The van der Waals surface area contributed by atoms with Gasteiger partial charge in [-0.2, -0.15) is 4.68 Å². The Hall–Kier alpha value is -2.28. The van der Waals surface area contributed by atoms with Gasteiger partial charge in [-0.25, -0.2) is 0 Å². The standard InChI is InChI=1S/C14H19N5O2/c1-4-21-13(20)10-18(3)11(2)14-15-16-17-19(14)12-8-6-5-7-9-12/h5-9,11H,4,10H2,1-3H3. The molecule has 7 heteroatoms. The monoisotopic (exact) mass is 289 g/mol. The molecule has 0 aliphatic carbocycles. The second-order valence-electron chi connectivity index (χ2n) is 4.68. The predicted octanol–water partition coefficient (Wildman–Crippen LogP) is 1.22. The number of nitrogens with zero attached hydrogens (tertiary/aromatic N) is 5. The molecule has 7 nitrogen and oxygen atoms in total. The first-order valence-corrected chi connectivity index (χ1v) is 6.83. The van der Waals surface area contributed by atoms with Gasteiger partial charge < -0.3 is 4.74 Å². The van der Waals surface area contributed by atoms with Gasteiger partial charge in [-0.15, -0.1) is 5.10 Å². The van der Waals surface area contributed by atoms with E-state index < -0.39 is 0 Å². The van der Waals surface area contributed by atoms with Crippen molar-refractivity contribution in [3.8, 4) is 5.69 Å². The van der Waals surface area contributed by atoms with Crippen LogP contribution in [0.25, 0.3) is 5.69 Å². The van der Waals surface area contributed by atoms with E-state index in [0.717, 1.165) is 5.69 Å². The molecular formula is C14H19N5O2. The smallest absolute Gasteiger partial charge is 0.320 e. The van der Waals surface area contributed by atoms with Crippen LogP contribution in [-0.2, 0) is 9.53 Å². The molecule has 112 valence electrons. The molecule has 1 unspecified atom stereocenters. The molecule has 0 fully saturated rings. The Morgan fingerprint density at radius 1 is 1.38 bits per heavy atom. The van der Waals surface area contributed by atoms with Crippen molar-refractivity contribution >= 4 is 5.97 Å². The summed E-state index contributed by atoms with van der Waals surface area (Å²) in [7, 11) is 1.84. The van der Waals surface area contributed by atoms with Crippen LogP contribution in [0.2, 0.25) is 0 Å². The van der Waals surface area contributed by atoms with Gasteiger partial charge in [0.2, 0.25) is 0 Å². The Morgan fingerprint density at radius 2 is 2.10 bits per heavy atom. The number of aromatic nitrogens is 4. The van der Waals surface area contributed by atoms with E-state index in [2.05, 4.69) is 15.5 Å². The lowest BCUT2D eigenvalue weighted by molar-refractivity contribution is -0.144. The highest BCUT2D eigenvalue weighted by atomic mass is 16.5. The second kappa shape index (κ2) is 6.94. The summed E-state index contributed by atoms with van der Waals surface area (Å²) in [5.41, 5.74) is 0.883. The molecule has 2 rings (SSSR count). The number of para-hydroxylation sites is 1. The largest absolute Gasteiger partial charge is 0.465 e. The van der Waals surface area contributed by atoms with Crippen LogP contribution in [0.15, 0.2) is 30.3 Å². The van der Waals surface area contributed by atoms with Gasteiger partial charge in [-0.05, 0) is 43.5 Å². The fourth-order valence-corrected chi connectivity index (χ4v) is 1.95. The van der Waals surface area contributed by atoms with Crippen molar-refractivity contribution in [2.24, 2.45) is 0 Å². The van der Waals surface area contributed by atoms with Gasteiger partial charge in [-0.1, -0.05) is 18.2 Å². The SMILES string of the molecule is CCOC(=O)CN(C)C(C)c1nnnn1-c1ccccc1. The third-order valence-electron chi connectivity index (χ3n) is 3.21. The zero-order valence-electron chi connectivity index (χ0n) is 12.4. The third kappa shape index (κ3) is 3.63. The van der Waals surface area contributed by atoms with Gasteiger partial charge in [0.15, 0.2) is 5.82 Å². The Morgan fingerprint density at radius 3 is 2.76 bits per heavy atom. The zero-order chi connectivity index (χ0) is 15.2. The van der Waals surface area contributed by atoms with E-state index in [9.17, 15) is 4.79 Å². The fourth-order valence-electron chi connectivity index (χ4n) is 1.95. The molecule has 1 aromatic heterocycles. The van der Waals surface area contributed by atoms with Crippen molar-refractivity contribution in [3.63, 3.8) is 0 Å². The normalized spacial score (nSPS) is 12.4. The van der Waals surface area contributed by atoms with Crippen LogP contribution in [0, 0.1) is 0 Å². The van der Waals surface area contributed by atoms with Gasteiger partial charge in [-0.3, -0.25) is 9.69 Å². The molecule has 1 aromatic carbocycles. The molecule has 0 aliphatic heterocycles. The summed E-state index contributed by atoms with van der Waals surface area (Å²) < 4.78 is 6.63. The number of esters is 1. The Labute approximate surface area is 123 Å². The molecule has 2 aromatic rings. The molecule has 0 saturated carbocycles. The summed E-state index contributed by atoms with van der Waals surface area (Å²) in [6, 6.07) is 9.52. The fraction of sp³-hybridized carbons (Fsp3) is 0.429. The van der Waals surface area contributed by atoms with Crippen LogP contribution in [0.3, 0.4) is 0 Å². The summed E-state index contributed by atoms with van der Waals surface area (Å²) in [6.07, 6.45) is 0. The second-order valence-corrected chi connectivity index (χ2v) is 4.68. The number of ether oxygens (including phenoxy) is 1. The average molecular weight is 289 g/mol. The number of carbonyl (C=O) groups is 1. The lowest BCUT2D eigenvalue weighted by atomic mass is 10.2. The first-order chi connectivity index (χ1) is 10.1. The maximum absolute atomic E-state index is 11.6. The maximum Gasteiger partial charge on any atom is 0.320 e. The molecule has 1 atom stereocenters. The highest BCUT2D eigenvalue weighted by molar-refractivity contribution is 5.71. The van der Waals surface area contributed by atoms with Crippen molar-refractivity contribution in [1.29, 1.82) is 0 Å². The average Bonchev–Trinajstić information content (AvgIpc) is 2.96. The minimum absolute atomic E-state index is 0.121. The summed E-state index contributed by atoms with van der Waals surface area (Å²) in [6.45, 7) is 4.31. The van der Waals surface area contributed by atoms with E-state index >= 15 is 0 Å². The highest BCUT2D eigenvalue weighted by Crippen LogP contribution is 2.18. The highest BCUT2D eigenvalue weighted by Gasteiger charge is 2.21. The molecule has 0 N–H and O–H groups in total. The zero-order valence-corrected chi connectivity index (χ0v) is 12.4. The van der Waals surface area contributed by atoms with E-state index in [0.29, 0.717) is 12.4 Å². The first-order valence-electron chi connectivity index (χ1n) is 6.83. The van der Waals surface area contributed by atoms with Gasteiger partial charge in [0, 0.05) is 0 Å². The van der Waals surface area contributed by atoms with Crippen LogP contribution in [0.5, 0.6) is 0 Å². The van der Waals surface area contributed by atoms with Crippen molar-refractivity contribution in [2.45, 2.75) is 19.9 Å². The molecule has 0 amide bonds. The van der Waals surface area contributed by atoms with Crippen molar-refractivity contribution < 1.29 is 9.53 Å². The van der Waals surface area contributed by atoms with Crippen LogP contribution in [0.1, 0.15) is 25.7 Å². The topological polar surface area (TPSA) is 73.1 Å². The number of rotatable bonds is 6. The minimum Gasteiger partial charge on any atom is -0.465 e. The molecule has 0 bridgehead atoms. The summed E-state index contributed by atoms with van der Waals surface area (Å²) in [4.78, 5) is 13.4. The minimum atomic E-state index is -0.259. The molecular weight excluding hydrogens is 270 g/mol.